The minimum absolute atomic E-state index is 0.0479. The summed E-state index contributed by atoms with van der Waals surface area (Å²) in [5, 5.41) is 5.84. The number of amides is 1. The summed E-state index contributed by atoms with van der Waals surface area (Å²) in [5.74, 6) is 0.101. The number of anilines is 1. The Morgan fingerprint density at radius 3 is 2.50 bits per heavy atom. The Morgan fingerprint density at radius 1 is 1.10 bits per heavy atom. The van der Waals surface area contributed by atoms with Crippen molar-refractivity contribution in [3.8, 4) is 0 Å². The van der Waals surface area contributed by atoms with Crippen molar-refractivity contribution in [3.63, 3.8) is 0 Å². The number of piperidine rings is 1. The van der Waals surface area contributed by atoms with Gasteiger partial charge in [-0.3, -0.25) is 14.5 Å². The molecule has 0 bridgehead atoms. The maximum absolute atomic E-state index is 13.1. The van der Waals surface area contributed by atoms with E-state index in [0.29, 0.717) is 30.0 Å². The standard InChI is InChI=1S/C23H22FN3O2S/c24-18-7-5-16(6-8-18)22(28)17-9-11-26(12-10-17)13-14-27-21(15-30)25-20-4-2-1-3-19(20)23(27)29/h1-8,17,25H,9-14H2. The van der Waals surface area contributed by atoms with E-state index in [4.69, 9.17) is 12.2 Å². The van der Waals surface area contributed by atoms with Crippen LogP contribution in [-0.2, 0) is 0 Å². The molecular formula is C23H22FN3O2S. The number of hydrogen-bond acceptors (Lipinski definition) is 5. The van der Waals surface area contributed by atoms with E-state index in [1.54, 1.807) is 23.1 Å². The molecule has 1 fully saturated rings. The zero-order valence-electron chi connectivity index (χ0n) is 16.4. The van der Waals surface area contributed by atoms with Crippen molar-refractivity contribution in [1.82, 2.24) is 9.80 Å². The topological polar surface area (TPSA) is 52.7 Å². The minimum Gasteiger partial charge on any atom is -0.333 e. The van der Waals surface area contributed by atoms with E-state index in [0.717, 1.165) is 31.6 Å². The molecule has 0 spiro atoms. The lowest BCUT2D eigenvalue weighted by molar-refractivity contribution is 0.0762. The fourth-order valence-electron chi connectivity index (χ4n) is 4.02. The molecule has 2 aliphatic heterocycles. The maximum atomic E-state index is 13.1. The minimum atomic E-state index is -0.338. The number of nitrogens with zero attached hydrogens (tertiary/aromatic N) is 2. The van der Waals surface area contributed by atoms with E-state index in [1.165, 1.54) is 12.1 Å². The van der Waals surface area contributed by atoms with Gasteiger partial charge in [0.05, 0.1) is 11.3 Å². The van der Waals surface area contributed by atoms with Crippen molar-refractivity contribution < 1.29 is 14.0 Å². The third-order valence-electron chi connectivity index (χ3n) is 5.75. The summed E-state index contributed by atoms with van der Waals surface area (Å²) in [6.45, 7) is 2.74. The Balaban J connectivity index is 1.33. The largest absolute Gasteiger partial charge is 0.333 e. The highest BCUT2D eigenvalue weighted by Crippen LogP contribution is 2.26. The van der Waals surface area contributed by atoms with Crippen molar-refractivity contribution in [3.05, 3.63) is 71.3 Å². The van der Waals surface area contributed by atoms with Crippen molar-refractivity contribution in [2.24, 2.45) is 5.92 Å². The molecule has 2 aliphatic rings. The number of fused-ring (bicyclic) bond motifs is 1. The summed E-state index contributed by atoms with van der Waals surface area (Å²) in [6, 6.07) is 13.1. The smallest absolute Gasteiger partial charge is 0.262 e. The fourth-order valence-corrected chi connectivity index (χ4v) is 4.19. The highest BCUT2D eigenvalue weighted by Gasteiger charge is 2.30. The molecule has 2 aromatic carbocycles. The average Bonchev–Trinajstić information content (AvgIpc) is 2.79. The normalized spacial score (nSPS) is 17.3. The van der Waals surface area contributed by atoms with Crippen LogP contribution in [0.3, 0.4) is 0 Å². The van der Waals surface area contributed by atoms with Crippen LogP contribution in [0.2, 0.25) is 0 Å². The van der Waals surface area contributed by atoms with Gasteiger partial charge in [-0.2, -0.15) is 0 Å². The number of thiocarbonyl (C=S) groups is 1. The van der Waals surface area contributed by atoms with Crippen LogP contribution in [0.5, 0.6) is 0 Å². The first-order chi connectivity index (χ1) is 14.6. The molecule has 0 radical (unpaired) electrons. The lowest BCUT2D eigenvalue weighted by Crippen LogP contribution is -2.45. The van der Waals surface area contributed by atoms with Gasteiger partial charge in [-0.05, 0) is 79.6 Å². The average molecular weight is 424 g/mol. The van der Waals surface area contributed by atoms with E-state index in [1.807, 2.05) is 18.2 Å². The van der Waals surface area contributed by atoms with Crippen LogP contribution in [0.25, 0.3) is 0 Å². The molecule has 0 saturated carbocycles. The number of halogens is 1. The molecule has 0 aromatic heterocycles. The molecule has 4 rings (SSSR count). The zero-order chi connectivity index (χ0) is 21.1. The van der Waals surface area contributed by atoms with E-state index in [9.17, 15) is 14.0 Å². The summed E-state index contributed by atoms with van der Waals surface area (Å²) in [4.78, 5) is 29.4. The first-order valence-electron chi connectivity index (χ1n) is 10.0. The van der Waals surface area contributed by atoms with Crippen LogP contribution < -0.4 is 5.32 Å². The van der Waals surface area contributed by atoms with Crippen molar-refractivity contribution in [2.75, 3.05) is 31.5 Å². The number of hydrogen-bond donors (Lipinski definition) is 1. The summed E-state index contributed by atoms with van der Waals surface area (Å²) in [6.07, 6.45) is 1.50. The monoisotopic (exact) mass is 423 g/mol. The van der Waals surface area contributed by atoms with Gasteiger partial charge in [0.1, 0.15) is 5.82 Å². The molecule has 1 N–H and O–H groups in total. The molecule has 1 saturated heterocycles. The Kier molecular flexibility index (Phi) is 6.04. The number of Topliss-reactive ketones (excluding diaryl/α,β-unsaturated/α-hetero) is 1. The van der Waals surface area contributed by atoms with Crippen molar-refractivity contribution >= 4 is 34.6 Å². The Bertz CT molecular complexity index is 1010. The fraction of sp³-hybridized carbons (Fsp3) is 0.304. The zero-order valence-corrected chi connectivity index (χ0v) is 17.3. The maximum Gasteiger partial charge on any atom is 0.262 e. The Morgan fingerprint density at radius 2 is 1.80 bits per heavy atom. The molecular weight excluding hydrogens is 401 g/mol. The number of para-hydroxylation sites is 1. The summed E-state index contributed by atoms with van der Waals surface area (Å²) in [7, 11) is 0. The molecule has 5 nitrogen and oxygen atoms in total. The second-order valence-corrected chi connectivity index (χ2v) is 7.77. The number of benzene rings is 2. The Hall–Kier alpha value is -2.86. The van der Waals surface area contributed by atoms with Gasteiger partial charge >= 0.3 is 0 Å². The van der Waals surface area contributed by atoms with Crippen LogP contribution in [0.15, 0.2) is 54.4 Å². The van der Waals surface area contributed by atoms with Crippen LogP contribution in [0, 0.1) is 11.7 Å². The molecule has 1 amide bonds. The molecule has 2 aromatic rings. The number of carbonyl (C=O) groups excluding carboxylic acids is 2. The van der Waals surface area contributed by atoms with Gasteiger partial charge in [0, 0.05) is 24.6 Å². The molecule has 2 heterocycles. The van der Waals surface area contributed by atoms with Gasteiger partial charge in [-0.1, -0.05) is 12.1 Å². The predicted octanol–water partition coefficient (Wildman–Crippen LogP) is 3.73. The Labute approximate surface area is 180 Å². The first kappa shape index (κ1) is 20.4. The highest BCUT2D eigenvalue weighted by atomic mass is 32.1. The van der Waals surface area contributed by atoms with E-state index < -0.39 is 0 Å². The number of nitrogens with one attached hydrogen (secondary N) is 1. The van der Waals surface area contributed by atoms with Crippen molar-refractivity contribution in [2.45, 2.75) is 12.8 Å². The third kappa shape index (κ3) is 4.19. The summed E-state index contributed by atoms with van der Waals surface area (Å²) in [5.41, 5.74) is 1.93. The van der Waals surface area contributed by atoms with E-state index in [2.05, 4.69) is 15.2 Å². The van der Waals surface area contributed by atoms with Crippen molar-refractivity contribution in [1.29, 1.82) is 0 Å². The lowest BCUT2D eigenvalue weighted by Gasteiger charge is -2.35. The highest BCUT2D eigenvalue weighted by molar-refractivity contribution is 7.78. The molecule has 7 heteroatoms. The molecule has 0 atom stereocenters. The van der Waals surface area contributed by atoms with Crippen LogP contribution >= 0.6 is 12.2 Å². The number of carbonyl (C=O) groups is 2. The van der Waals surface area contributed by atoms with Gasteiger partial charge in [0.25, 0.3) is 5.91 Å². The third-order valence-corrected chi connectivity index (χ3v) is 5.94. The lowest BCUT2D eigenvalue weighted by atomic mass is 9.89. The first-order valence-corrected chi connectivity index (χ1v) is 10.4. The van der Waals surface area contributed by atoms with Gasteiger partial charge < -0.3 is 10.2 Å². The molecule has 0 unspecified atom stereocenters. The van der Waals surface area contributed by atoms with E-state index in [-0.39, 0.29) is 23.4 Å². The predicted molar refractivity (Wildman–Crippen MR) is 117 cm³/mol. The molecule has 0 aliphatic carbocycles. The van der Waals surface area contributed by atoms with E-state index >= 15 is 0 Å². The van der Waals surface area contributed by atoms with Crippen LogP contribution in [0.1, 0.15) is 33.6 Å². The second-order valence-electron chi connectivity index (χ2n) is 7.57. The molecule has 154 valence electrons. The second kappa shape index (κ2) is 8.88. The number of ketones is 1. The quantitative estimate of drug-likeness (QED) is 0.587. The van der Waals surface area contributed by atoms with Crippen LogP contribution in [0.4, 0.5) is 10.1 Å². The summed E-state index contributed by atoms with van der Waals surface area (Å²) >= 11 is 4.98. The summed E-state index contributed by atoms with van der Waals surface area (Å²) < 4.78 is 13.1. The number of likely N-dealkylation sites (tertiary alicyclic amines) is 1. The number of rotatable bonds is 5. The van der Waals surface area contributed by atoms with Gasteiger partial charge in [0.15, 0.2) is 11.6 Å². The van der Waals surface area contributed by atoms with Gasteiger partial charge in [-0.15, -0.1) is 0 Å². The molecule has 30 heavy (non-hydrogen) atoms. The van der Waals surface area contributed by atoms with Gasteiger partial charge in [0.2, 0.25) is 0 Å². The van der Waals surface area contributed by atoms with Gasteiger partial charge in [-0.25, -0.2) is 4.39 Å². The SMILES string of the molecule is O=C(c1ccc(F)cc1)C1CCN(CCN2C(=O)c3ccccc3NC2=C=S)CC1. The van der Waals surface area contributed by atoms with Crippen LogP contribution in [-0.4, -0.2) is 52.7 Å².